The summed E-state index contributed by atoms with van der Waals surface area (Å²) in [5.74, 6) is 1.58. The fraction of sp³-hybridized carbons (Fsp3) is 0.400. The van der Waals surface area contributed by atoms with Crippen LogP contribution >= 0.6 is 0 Å². The summed E-state index contributed by atoms with van der Waals surface area (Å²) in [4.78, 5) is 12.5. The molecule has 1 atom stereocenters. The van der Waals surface area contributed by atoms with E-state index in [-0.39, 0.29) is 19.3 Å². The summed E-state index contributed by atoms with van der Waals surface area (Å²) in [5.41, 5.74) is 4.15. The third kappa shape index (κ3) is 5.70. The Morgan fingerprint density at radius 3 is 2.66 bits per heavy atom. The SMILES string of the molecule is C.C=C(CCC)C(=O)CC1NCCc2cc(OCc3ccccc3)c(OC)cc21. The maximum atomic E-state index is 12.5. The standard InChI is InChI=1S/C24H29NO3.CH4/c1-4-8-17(2)22(26)15-21-20-14-23(27-3)24(13-19(20)11-12-25-21)28-16-18-9-6-5-7-10-18;/h5-7,9-10,13-14,21,25H,2,4,8,11-12,15-16H2,1,3H3;1H4. The average Bonchev–Trinajstić information content (AvgIpc) is 2.72. The molecule has 0 radical (unpaired) electrons. The van der Waals surface area contributed by atoms with Crippen molar-refractivity contribution in [2.45, 2.75) is 52.7 Å². The third-order valence-electron chi connectivity index (χ3n) is 5.16. The van der Waals surface area contributed by atoms with E-state index in [0.29, 0.717) is 24.4 Å². The van der Waals surface area contributed by atoms with Gasteiger partial charge in [0.25, 0.3) is 0 Å². The Labute approximate surface area is 174 Å². The summed E-state index contributed by atoms with van der Waals surface area (Å²) in [7, 11) is 1.65. The van der Waals surface area contributed by atoms with Gasteiger partial charge < -0.3 is 14.8 Å². The van der Waals surface area contributed by atoms with Crippen molar-refractivity contribution < 1.29 is 14.3 Å². The van der Waals surface area contributed by atoms with E-state index in [1.165, 1.54) is 5.56 Å². The molecule has 0 saturated heterocycles. The van der Waals surface area contributed by atoms with Crippen molar-refractivity contribution in [1.29, 1.82) is 0 Å². The number of carbonyl (C=O) groups excluding carboxylic acids is 1. The molecule has 0 fully saturated rings. The van der Waals surface area contributed by atoms with Gasteiger partial charge in [0, 0.05) is 12.5 Å². The molecule has 2 aromatic rings. The van der Waals surface area contributed by atoms with Gasteiger partial charge >= 0.3 is 0 Å². The predicted octanol–water partition coefficient (Wildman–Crippen LogP) is 5.41. The summed E-state index contributed by atoms with van der Waals surface area (Å²) < 4.78 is 11.6. The van der Waals surface area contributed by atoms with Crippen molar-refractivity contribution >= 4 is 5.78 Å². The molecule has 1 heterocycles. The lowest BCUT2D eigenvalue weighted by Crippen LogP contribution is -2.31. The Hall–Kier alpha value is -2.59. The lowest BCUT2D eigenvalue weighted by atomic mass is 9.89. The monoisotopic (exact) mass is 395 g/mol. The third-order valence-corrected chi connectivity index (χ3v) is 5.16. The molecular weight excluding hydrogens is 362 g/mol. The van der Waals surface area contributed by atoms with Gasteiger partial charge in [-0.15, -0.1) is 0 Å². The highest BCUT2D eigenvalue weighted by Crippen LogP contribution is 2.37. The zero-order chi connectivity index (χ0) is 19.9. The molecule has 1 aliphatic rings. The van der Waals surface area contributed by atoms with Gasteiger partial charge in [-0.3, -0.25) is 4.79 Å². The normalized spacial score (nSPS) is 15.0. The molecule has 0 spiro atoms. The van der Waals surface area contributed by atoms with Crippen molar-refractivity contribution in [2.24, 2.45) is 0 Å². The largest absolute Gasteiger partial charge is 0.493 e. The molecule has 3 rings (SSSR count). The van der Waals surface area contributed by atoms with Crippen LogP contribution in [0.25, 0.3) is 0 Å². The van der Waals surface area contributed by atoms with Gasteiger partial charge in [0.05, 0.1) is 7.11 Å². The minimum Gasteiger partial charge on any atom is -0.493 e. The summed E-state index contributed by atoms with van der Waals surface area (Å²) in [6.45, 7) is 7.34. The van der Waals surface area contributed by atoms with Crippen LogP contribution in [0.2, 0.25) is 0 Å². The predicted molar refractivity (Wildman–Crippen MR) is 119 cm³/mol. The zero-order valence-corrected chi connectivity index (χ0v) is 16.8. The fourth-order valence-electron chi connectivity index (χ4n) is 3.61. The van der Waals surface area contributed by atoms with E-state index in [4.69, 9.17) is 9.47 Å². The number of benzene rings is 2. The highest BCUT2D eigenvalue weighted by molar-refractivity contribution is 5.95. The van der Waals surface area contributed by atoms with Gasteiger partial charge in [0.15, 0.2) is 17.3 Å². The molecule has 29 heavy (non-hydrogen) atoms. The Balaban J connectivity index is 0.00000300. The first-order chi connectivity index (χ1) is 13.6. The van der Waals surface area contributed by atoms with E-state index < -0.39 is 0 Å². The number of hydrogen-bond donors (Lipinski definition) is 1. The van der Waals surface area contributed by atoms with Crippen LogP contribution in [0, 0.1) is 0 Å². The van der Waals surface area contributed by atoms with E-state index in [1.54, 1.807) is 7.11 Å². The maximum Gasteiger partial charge on any atom is 0.161 e. The van der Waals surface area contributed by atoms with Crippen molar-refractivity contribution in [1.82, 2.24) is 5.32 Å². The summed E-state index contributed by atoms with van der Waals surface area (Å²) in [6, 6.07) is 14.1. The summed E-state index contributed by atoms with van der Waals surface area (Å²) in [5, 5.41) is 3.47. The number of methoxy groups -OCH3 is 1. The second-order valence-corrected chi connectivity index (χ2v) is 7.21. The molecule has 1 N–H and O–H groups in total. The van der Waals surface area contributed by atoms with Crippen LogP contribution in [0.5, 0.6) is 11.5 Å². The van der Waals surface area contributed by atoms with Crippen LogP contribution in [0.3, 0.4) is 0 Å². The topological polar surface area (TPSA) is 47.6 Å². The van der Waals surface area contributed by atoms with Crippen LogP contribution in [0.4, 0.5) is 0 Å². The summed E-state index contributed by atoms with van der Waals surface area (Å²) >= 11 is 0. The van der Waals surface area contributed by atoms with E-state index in [1.807, 2.05) is 36.4 Å². The van der Waals surface area contributed by atoms with Gasteiger partial charge in [-0.25, -0.2) is 0 Å². The van der Waals surface area contributed by atoms with E-state index >= 15 is 0 Å². The Morgan fingerprint density at radius 2 is 1.97 bits per heavy atom. The molecule has 4 heteroatoms. The molecule has 156 valence electrons. The maximum absolute atomic E-state index is 12.5. The zero-order valence-electron chi connectivity index (χ0n) is 16.8. The second kappa shape index (κ2) is 10.8. The number of fused-ring (bicyclic) bond motifs is 1. The van der Waals surface area contributed by atoms with Gasteiger partial charge in [-0.05, 0) is 53.8 Å². The number of carbonyl (C=O) groups is 1. The molecule has 1 unspecified atom stereocenters. The van der Waals surface area contributed by atoms with Gasteiger partial charge in [-0.2, -0.15) is 0 Å². The second-order valence-electron chi connectivity index (χ2n) is 7.21. The van der Waals surface area contributed by atoms with Gasteiger partial charge in [0.2, 0.25) is 0 Å². The number of Topliss-reactive ketones (excluding diaryl/α,β-unsaturated/α-hetero) is 1. The van der Waals surface area contributed by atoms with Crippen LogP contribution < -0.4 is 14.8 Å². The van der Waals surface area contributed by atoms with Crippen LogP contribution in [0.15, 0.2) is 54.6 Å². The molecule has 0 bridgehead atoms. The van der Waals surface area contributed by atoms with Gasteiger partial charge in [-0.1, -0.05) is 57.7 Å². The highest BCUT2D eigenvalue weighted by Gasteiger charge is 2.25. The van der Waals surface area contributed by atoms with E-state index in [9.17, 15) is 4.79 Å². The molecule has 1 aliphatic heterocycles. The van der Waals surface area contributed by atoms with Crippen LogP contribution in [-0.4, -0.2) is 19.4 Å². The quantitative estimate of drug-likeness (QED) is 0.577. The minimum absolute atomic E-state index is 0. The first-order valence-corrected chi connectivity index (χ1v) is 9.94. The van der Waals surface area contributed by atoms with Crippen LogP contribution in [-0.2, 0) is 17.8 Å². The molecule has 0 saturated carbocycles. The molecule has 4 nitrogen and oxygen atoms in total. The van der Waals surface area contributed by atoms with Crippen molar-refractivity contribution in [3.8, 4) is 11.5 Å². The lowest BCUT2D eigenvalue weighted by Gasteiger charge is -2.28. The Kier molecular flexibility index (Phi) is 8.47. The first kappa shape index (κ1) is 22.7. The van der Waals surface area contributed by atoms with Crippen molar-refractivity contribution in [3.63, 3.8) is 0 Å². The first-order valence-electron chi connectivity index (χ1n) is 9.94. The number of ether oxygens (including phenoxy) is 2. The Morgan fingerprint density at radius 1 is 1.21 bits per heavy atom. The number of rotatable bonds is 9. The average molecular weight is 396 g/mol. The number of hydrogen-bond acceptors (Lipinski definition) is 4. The number of allylic oxidation sites excluding steroid dienone is 1. The van der Waals surface area contributed by atoms with Crippen LogP contribution in [0.1, 0.15) is 56.3 Å². The number of nitrogens with one attached hydrogen (secondary N) is 1. The van der Waals surface area contributed by atoms with E-state index in [2.05, 4.69) is 24.9 Å². The Bertz CT molecular complexity index is 829. The van der Waals surface area contributed by atoms with Crippen molar-refractivity contribution in [3.05, 3.63) is 71.3 Å². The molecule has 0 aliphatic carbocycles. The summed E-state index contributed by atoms with van der Waals surface area (Å²) in [6.07, 6.45) is 3.03. The molecular formula is C25H33NO3. The fourth-order valence-corrected chi connectivity index (χ4v) is 3.61. The molecule has 2 aromatic carbocycles. The molecule has 0 aromatic heterocycles. The van der Waals surface area contributed by atoms with Gasteiger partial charge in [0.1, 0.15) is 6.61 Å². The lowest BCUT2D eigenvalue weighted by molar-refractivity contribution is -0.116. The minimum atomic E-state index is -0.0121. The highest BCUT2D eigenvalue weighted by atomic mass is 16.5. The van der Waals surface area contributed by atoms with E-state index in [0.717, 1.165) is 42.7 Å². The number of ketones is 1. The molecule has 0 amide bonds. The van der Waals surface area contributed by atoms with Crippen molar-refractivity contribution in [2.75, 3.05) is 13.7 Å². The smallest absolute Gasteiger partial charge is 0.161 e.